The first-order valence-electron chi connectivity index (χ1n) is 6.35. The van der Waals surface area contributed by atoms with Crippen LogP contribution in [0, 0.1) is 11.6 Å². The zero-order chi connectivity index (χ0) is 15.6. The molecule has 0 bridgehead atoms. The van der Waals surface area contributed by atoms with E-state index in [4.69, 9.17) is 4.74 Å². The topological polar surface area (TPSA) is 26.3 Å². The van der Waals surface area contributed by atoms with Crippen LogP contribution in [0.2, 0.25) is 0 Å². The van der Waals surface area contributed by atoms with Crippen LogP contribution in [0.3, 0.4) is 0 Å². The van der Waals surface area contributed by atoms with Crippen molar-refractivity contribution in [2.24, 2.45) is 0 Å². The maximum atomic E-state index is 13.5. The molecule has 0 N–H and O–H groups in total. The van der Waals surface area contributed by atoms with Crippen LogP contribution >= 0.6 is 15.9 Å². The van der Waals surface area contributed by atoms with E-state index < -0.39 is 17.4 Å². The molecule has 0 saturated heterocycles. The number of ether oxygens (including phenoxy) is 1. The van der Waals surface area contributed by atoms with Gasteiger partial charge < -0.3 is 4.74 Å². The molecule has 2 aromatic carbocycles. The number of carbonyl (C=O) groups excluding carboxylic acids is 1. The van der Waals surface area contributed by atoms with Gasteiger partial charge in [-0.25, -0.2) is 8.78 Å². The molecular formula is C16H13BrF2O2. The van der Waals surface area contributed by atoms with Gasteiger partial charge in [0.1, 0.15) is 5.75 Å². The zero-order valence-corrected chi connectivity index (χ0v) is 13.1. The molecule has 0 saturated carbocycles. The molecule has 110 valence electrons. The van der Waals surface area contributed by atoms with Crippen molar-refractivity contribution < 1.29 is 18.3 Å². The van der Waals surface area contributed by atoms with Crippen molar-refractivity contribution in [1.29, 1.82) is 0 Å². The molecule has 0 radical (unpaired) electrons. The van der Waals surface area contributed by atoms with Gasteiger partial charge >= 0.3 is 0 Å². The van der Waals surface area contributed by atoms with Crippen LogP contribution in [0.5, 0.6) is 5.75 Å². The lowest BCUT2D eigenvalue weighted by Crippen LogP contribution is -2.08. The van der Waals surface area contributed by atoms with Gasteiger partial charge in [-0.3, -0.25) is 4.79 Å². The van der Waals surface area contributed by atoms with Crippen molar-refractivity contribution in [3.05, 3.63) is 63.6 Å². The molecule has 5 heteroatoms. The van der Waals surface area contributed by atoms with E-state index in [1.54, 1.807) is 24.3 Å². The molecule has 2 nitrogen and oxygen atoms in total. The molecule has 0 unspecified atom stereocenters. The van der Waals surface area contributed by atoms with Crippen LogP contribution in [-0.4, -0.2) is 11.9 Å². The fourth-order valence-corrected chi connectivity index (χ4v) is 2.34. The number of hydrogen-bond donors (Lipinski definition) is 0. The number of hydrogen-bond acceptors (Lipinski definition) is 2. The lowest BCUT2D eigenvalue weighted by atomic mass is 10.0. The molecule has 0 atom stereocenters. The van der Waals surface area contributed by atoms with E-state index in [9.17, 15) is 13.6 Å². The van der Waals surface area contributed by atoms with Gasteiger partial charge in [-0.15, -0.1) is 0 Å². The van der Waals surface area contributed by atoms with Gasteiger partial charge in [-0.2, -0.15) is 0 Å². The molecule has 0 heterocycles. The summed E-state index contributed by atoms with van der Waals surface area (Å²) in [6.07, 6.45) is -0.0228. The van der Waals surface area contributed by atoms with Crippen molar-refractivity contribution in [2.75, 3.05) is 0 Å². The minimum Gasteiger partial charge on any atom is -0.491 e. The quantitative estimate of drug-likeness (QED) is 0.585. The summed E-state index contributed by atoms with van der Waals surface area (Å²) in [6.45, 7) is 3.75. The summed E-state index contributed by atoms with van der Waals surface area (Å²) < 4.78 is 32.0. The Labute approximate surface area is 129 Å². The average molecular weight is 355 g/mol. The van der Waals surface area contributed by atoms with Gasteiger partial charge in [0.05, 0.1) is 10.6 Å². The van der Waals surface area contributed by atoms with E-state index in [1.165, 1.54) is 6.07 Å². The van der Waals surface area contributed by atoms with Crippen LogP contribution < -0.4 is 4.74 Å². The van der Waals surface area contributed by atoms with Crippen LogP contribution in [0.1, 0.15) is 29.8 Å². The molecular weight excluding hydrogens is 342 g/mol. The third kappa shape index (κ3) is 3.47. The second-order valence-corrected chi connectivity index (χ2v) is 5.54. The summed E-state index contributed by atoms with van der Waals surface area (Å²) in [7, 11) is 0. The Kier molecular flexibility index (Phi) is 4.73. The summed E-state index contributed by atoms with van der Waals surface area (Å²) in [4.78, 5) is 12.4. The number of carbonyl (C=O) groups is 1. The van der Waals surface area contributed by atoms with Crippen molar-refractivity contribution in [1.82, 2.24) is 0 Å². The van der Waals surface area contributed by atoms with E-state index in [0.29, 0.717) is 11.3 Å². The molecule has 0 aliphatic rings. The van der Waals surface area contributed by atoms with Gasteiger partial charge in [-0.1, -0.05) is 12.1 Å². The SMILES string of the molecule is CC(C)Oc1cccc(C(=O)c2ccc(F)c(F)c2Br)c1. The highest BCUT2D eigenvalue weighted by molar-refractivity contribution is 9.10. The molecule has 0 aliphatic heterocycles. The Bertz CT molecular complexity index is 684. The molecule has 0 aliphatic carbocycles. The Hall–Kier alpha value is -1.75. The first kappa shape index (κ1) is 15.6. The predicted octanol–water partition coefficient (Wildman–Crippen LogP) is 4.75. The third-order valence-corrected chi connectivity index (χ3v) is 3.52. The summed E-state index contributed by atoms with van der Waals surface area (Å²) in [5.41, 5.74) is 0.412. The summed E-state index contributed by atoms with van der Waals surface area (Å²) in [6, 6.07) is 8.78. The van der Waals surface area contributed by atoms with Crippen LogP contribution in [0.15, 0.2) is 40.9 Å². The highest BCUT2D eigenvalue weighted by atomic mass is 79.9. The van der Waals surface area contributed by atoms with E-state index in [-0.39, 0.29) is 16.1 Å². The molecule has 0 aromatic heterocycles. The van der Waals surface area contributed by atoms with Crippen LogP contribution in [0.4, 0.5) is 8.78 Å². The Morgan fingerprint density at radius 2 is 1.90 bits per heavy atom. The molecule has 0 amide bonds. The molecule has 2 rings (SSSR count). The first-order valence-corrected chi connectivity index (χ1v) is 7.14. The smallest absolute Gasteiger partial charge is 0.194 e. The van der Waals surface area contributed by atoms with Crippen molar-refractivity contribution in [2.45, 2.75) is 20.0 Å². The monoisotopic (exact) mass is 354 g/mol. The van der Waals surface area contributed by atoms with E-state index in [0.717, 1.165) is 6.07 Å². The minimum atomic E-state index is -1.07. The van der Waals surface area contributed by atoms with Crippen molar-refractivity contribution >= 4 is 21.7 Å². The van der Waals surface area contributed by atoms with Gasteiger partial charge in [0.25, 0.3) is 0 Å². The lowest BCUT2D eigenvalue weighted by Gasteiger charge is -2.11. The molecule has 0 spiro atoms. The summed E-state index contributed by atoms with van der Waals surface area (Å²) >= 11 is 2.92. The third-order valence-electron chi connectivity index (χ3n) is 2.75. The van der Waals surface area contributed by atoms with E-state index >= 15 is 0 Å². The lowest BCUT2D eigenvalue weighted by molar-refractivity contribution is 0.103. The Balaban J connectivity index is 2.39. The maximum Gasteiger partial charge on any atom is 0.194 e. The highest BCUT2D eigenvalue weighted by Gasteiger charge is 2.18. The predicted molar refractivity (Wildman–Crippen MR) is 79.7 cm³/mol. The Morgan fingerprint density at radius 3 is 2.57 bits per heavy atom. The maximum absolute atomic E-state index is 13.5. The number of rotatable bonds is 4. The fourth-order valence-electron chi connectivity index (χ4n) is 1.84. The first-order chi connectivity index (χ1) is 9.90. The fraction of sp³-hybridized carbons (Fsp3) is 0.188. The van der Waals surface area contributed by atoms with Gasteiger partial charge in [0, 0.05) is 11.1 Å². The minimum absolute atomic E-state index is 0.0228. The van der Waals surface area contributed by atoms with Crippen molar-refractivity contribution in [3.63, 3.8) is 0 Å². The van der Waals surface area contributed by atoms with Crippen molar-refractivity contribution in [3.8, 4) is 5.75 Å². The normalized spacial score (nSPS) is 10.8. The van der Waals surface area contributed by atoms with Gasteiger partial charge in [-0.05, 0) is 54.0 Å². The zero-order valence-electron chi connectivity index (χ0n) is 11.5. The number of benzene rings is 2. The number of halogens is 3. The van der Waals surface area contributed by atoms with Crippen LogP contribution in [0.25, 0.3) is 0 Å². The summed E-state index contributed by atoms with van der Waals surface area (Å²) in [5, 5.41) is 0. The molecule has 21 heavy (non-hydrogen) atoms. The van der Waals surface area contributed by atoms with Gasteiger partial charge in [0.15, 0.2) is 17.4 Å². The summed E-state index contributed by atoms with van der Waals surface area (Å²) in [5.74, 6) is -1.93. The van der Waals surface area contributed by atoms with Gasteiger partial charge in [0.2, 0.25) is 0 Å². The van der Waals surface area contributed by atoms with Crippen LogP contribution in [-0.2, 0) is 0 Å². The van der Waals surface area contributed by atoms with E-state index in [2.05, 4.69) is 15.9 Å². The standard InChI is InChI=1S/C16H13BrF2O2/c1-9(2)21-11-5-3-4-10(8-11)16(20)12-6-7-13(18)15(19)14(12)17/h3-9H,1-2H3. The average Bonchev–Trinajstić information content (AvgIpc) is 2.44. The Morgan fingerprint density at radius 1 is 1.19 bits per heavy atom. The largest absolute Gasteiger partial charge is 0.491 e. The second kappa shape index (κ2) is 6.35. The highest BCUT2D eigenvalue weighted by Crippen LogP contribution is 2.26. The molecule has 2 aromatic rings. The van der Waals surface area contributed by atoms with E-state index in [1.807, 2.05) is 13.8 Å². The molecule has 0 fully saturated rings. The number of ketones is 1. The second-order valence-electron chi connectivity index (χ2n) is 4.75.